The number of nitrogens with one attached hydrogen (secondary N) is 1. The number of carbonyl (C=O) groups is 1. The van der Waals surface area contributed by atoms with Crippen molar-refractivity contribution >= 4 is 17.4 Å². The fourth-order valence-corrected chi connectivity index (χ4v) is 3.60. The highest BCUT2D eigenvalue weighted by atomic mass is 19.1. The summed E-state index contributed by atoms with van der Waals surface area (Å²) in [6.07, 6.45) is 6.33. The highest BCUT2D eigenvalue weighted by Gasteiger charge is 2.17. The molecular weight excluding hydrogens is 381 g/mol. The predicted octanol–water partition coefficient (Wildman–Crippen LogP) is 3.58. The molecule has 3 aromatic rings. The van der Waals surface area contributed by atoms with Gasteiger partial charge in [0.1, 0.15) is 11.6 Å². The van der Waals surface area contributed by atoms with Crippen molar-refractivity contribution in [3.8, 4) is 0 Å². The minimum Gasteiger partial charge on any atom is -0.355 e. The van der Waals surface area contributed by atoms with E-state index in [1.54, 1.807) is 24.4 Å². The molecule has 1 amide bonds. The first kappa shape index (κ1) is 20.0. The Hall–Kier alpha value is -3.32. The molecule has 4 rings (SSSR count). The Labute approximate surface area is 175 Å². The smallest absolute Gasteiger partial charge is 0.258 e. The van der Waals surface area contributed by atoms with E-state index in [4.69, 9.17) is 0 Å². The Morgan fingerprint density at radius 3 is 2.60 bits per heavy atom. The lowest BCUT2D eigenvalue weighted by molar-refractivity contribution is 0.102. The Bertz CT molecular complexity index is 980. The Morgan fingerprint density at radius 2 is 1.83 bits per heavy atom. The molecule has 0 atom stereocenters. The molecule has 30 heavy (non-hydrogen) atoms. The molecule has 1 saturated heterocycles. The molecule has 0 bridgehead atoms. The van der Waals surface area contributed by atoms with E-state index in [0.29, 0.717) is 5.69 Å². The number of rotatable bonds is 5. The Morgan fingerprint density at radius 1 is 1.00 bits per heavy atom. The largest absolute Gasteiger partial charge is 0.355 e. The van der Waals surface area contributed by atoms with Gasteiger partial charge in [0.25, 0.3) is 5.91 Å². The number of benzene rings is 1. The fourth-order valence-electron chi connectivity index (χ4n) is 3.60. The maximum Gasteiger partial charge on any atom is 0.258 e. The van der Waals surface area contributed by atoms with E-state index in [2.05, 4.69) is 37.2 Å². The number of nitrogens with zero attached hydrogens (tertiary/aromatic N) is 4. The van der Waals surface area contributed by atoms with Crippen molar-refractivity contribution < 1.29 is 9.18 Å². The van der Waals surface area contributed by atoms with Crippen LogP contribution < -0.4 is 10.2 Å². The SMILES string of the molecule is O=C(Nc1ccc(N2CCCN(Cc3ccncc3)CC2)nc1)c1ccccc1F. The second-order valence-electron chi connectivity index (χ2n) is 7.31. The zero-order valence-corrected chi connectivity index (χ0v) is 16.7. The van der Waals surface area contributed by atoms with Gasteiger partial charge in [-0.1, -0.05) is 12.1 Å². The van der Waals surface area contributed by atoms with Crippen LogP contribution in [-0.4, -0.2) is 47.0 Å². The minimum atomic E-state index is -0.541. The zero-order chi connectivity index (χ0) is 20.8. The van der Waals surface area contributed by atoms with Gasteiger partial charge in [-0.05, 0) is 48.4 Å². The van der Waals surface area contributed by atoms with Crippen LogP contribution in [0.3, 0.4) is 0 Å². The molecule has 3 heterocycles. The van der Waals surface area contributed by atoms with Gasteiger partial charge in [-0.25, -0.2) is 9.37 Å². The van der Waals surface area contributed by atoms with Gasteiger partial charge in [0.15, 0.2) is 0 Å². The average molecular weight is 405 g/mol. The third kappa shape index (κ3) is 4.99. The topological polar surface area (TPSA) is 61.4 Å². The number of pyridine rings is 2. The van der Waals surface area contributed by atoms with Gasteiger partial charge in [0, 0.05) is 45.1 Å². The summed E-state index contributed by atoms with van der Waals surface area (Å²) in [5.74, 6) is -0.144. The van der Waals surface area contributed by atoms with Gasteiger partial charge in [0.2, 0.25) is 0 Å². The lowest BCUT2D eigenvalue weighted by atomic mass is 10.2. The summed E-state index contributed by atoms with van der Waals surface area (Å²) >= 11 is 0. The van der Waals surface area contributed by atoms with Gasteiger partial charge in [-0.3, -0.25) is 14.7 Å². The molecule has 1 N–H and O–H groups in total. The highest BCUT2D eigenvalue weighted by Crippen LogP contribution is 2.18. The van der Waals surface area contributed by atoms with Gasteiger partial charge < -0.3 is 10.2 Å². The summed E-state index contributed by atoms with van der Waals surface area (Å²) in [6, 6.07) is 13.7. The van der Waals surface area contributed by atoms with E-state index in [1.165, 1.54) is 17.7 Å². The molecule has 0 radical (unpaired) electrons. The first-order chi connectivity index (χ1) is 14.7. The van der Waals surface area contributed by atoms with E-state index < -0.39 is 11.7 Å². The van der Waals surface area contributed by atoms with Gasteiger partial charge in [-0.2, -0.15) is 0 Å². The van der Waals surface area contributed by atoms with Crippen LogP contribution in [0.25, 0.3) is 0 Å². The molecule has 1 aliphatic rings. The molecule has 0 spiro atoms. The Kier molecular flexibility index (Phi) is 6.29. The summed E-state index contributed by atoms with van der Waals surface area (Å²) in [6.45, 7) is 4.73. The lowest BCUT2D eigenvalue weighted by Crippen LogP contribution is -2.31. The Balaban J connectivity index is 1.35. The molecule has 1 aromatic carbocycles. The standard InChI is InChI=1S/C23H24FN5O/c24-21-5-2-1-4-20(21)23(30)27-19-6-7-22(26-16-19)29-13-3-12-28(14-15-29)17-18-8-10-25-11-9-18/h1-2,4-11,16H,3,12-15,17H2,(H,27,30). The van der Waals surface area contributed by atoms with Crippen molar-refractivity contribution in [3.63, 3.8) is 0 Å². The normalized spacial score (nSPS) is 14.9. The first-order valence-corrected chi connectivity index (χ1v) is 10.1. The van der Waals surface area contributed by atoms with Gasteiger partial charge >= 0.3 is 0 Å². The number of aromatic nitrogens is 2. The molecular formula is C23H24FN5O. The van der Waals surface area contributed by atoms with Crippen LogP contribution >= 0.6 is 0 Å². The number of amides is 1. The molecule has 1 aliphatic heterocycles. The molecule has 154 valence electrons. The van der Waals surface area contributed by atoms with Crippen molar-refractivity contribution in [3.05, 3.63) is 84.1 Å². The summed E-state index contributed by atoms with van der Waals surface area (Å²) < 4.78 is 13.8. The monoisotopic (exact) mass is 405 g/mol. The summed E-state index contributed by atoms with van der Waals surface area (Å²) in [5.41, 5.74) is 1.83. The lowest BCUT2D eigenvalue weighted by Gasteiger charge is -2.23. The highest BCUT2D eigenvalue weighted by molar-refractivity contribution is 6.04. The molecule has 0 saturated carbocycles. The van der Waals surface area contributed by atoms with Crippen LogP contribution in [0.1, 0.15) is 22.3 Å². The summed E-state index contributed by atoms with van der Waals surface area (Å²) in [7, 11) is 0. The molecule has 1 fully saturated rings. The third-order valence-corrected chi connectivity index (χ3v) is 5.19. The molecule has 0 aliphatic carbocycles. The summed E-state index contributed by atoms with van der Waals surface area (Å²) in [5, 5.41) is 2.70. The van der Waals surface area contributed by atoms with Crippen LogP contribution in [-0.2, 0) is 6.54 Å². The maximum atomic E-state index is 13.8. The fraction of sp³-hybridized carbons (Fsp3) is 0.261. The van der Waals surface area contributed by atoms with Crippen molar-refractivity contribution in [1.29, 1.82) is 0 Å². The zero-order valence-electron chi connectivity index (χ0n) is 16.7. The van der Waals surface area contributed by atoms with Crippen LogP contribution in [0, 0.1) is 5.82 Å². The second-order valence-corrected chi connectivity index (χ2v) is 7.31. The number of hydrogen-bond donors (Lipinski definition) is 1. The second kappa shape index (κ2) is 9.45. The minimum absolute atomic E-state index is 0.0170. The van der Waals surface area contributed by atoms with E-state index in [0.717, 1.165) is 45.0 Å². The van der Waals surface area contributed by atoms with Gasteiger partial charge in [-0.15, -0.1) is 0 Å². The van der Waals surface area contributed by atoms with E-state index in [1.807, 2.05) is 18.5 Å². The molecule has 2 aromatic heterocycles. The predicted molar refractivity (Wildman–Crippen MR) is 115 cm³/mol. The number of halogens is 1. The van der Waals surface area contributed by atoms with E-state index in [-0.39, 0.29) is 5.56 Å². The number of carbonyl (C=O) groups excluding carboxylic acids is 1. The molecule has 7 heteroatoms. The molecule has 0 unspecified atom stereocenters. The number of hydrogen-bond acceptors (Lipinski definition) is 5. The first-order valence-electron chi connectivity index (χ1n) is 10.1. The van der Waals surface area contributed by atoms with Crippen molar-refractivity contribution in [2.45, 2.75) is 13.0 Å². The van der Waals surface area contributed by atoms with E-state index >= 15 is 0 Å². The third-order valence-electron chi connectivity index (χ3n) is 5.19. The van der Waals surface area contributed by atoms with Crippen LogP contribution in [0.15, 0.2) is 67.1 Å². The van der Waals surface area contributed by atoms with Crippen LogP contribution in [0.2, 0.25) is 0 Å². The maximum absolute atomic E-state index is 13.8. The van der Waals surface area contributed by atoms with Crippen LogP contribution in [0.5, 0.6) is 0 Å². The van der Waals surface area contributed by atoms with E-state index in [9.17, 15) is 9.18 Å². The van der Waals surface area contributed by atoms with Crippen molar-refractivity contribution in [2.75, 3.05) is 36.4 Å². The molecule has 6 nitrogen and oxygen atoms in total. The van der Waals surface area contributed by atoms with Crippen LogP contribution in [0.4, 0.5) is 15.9 Å². The summed E-state index contributed by atoms with van der Waals surface area (Å²) in [4.78, 5) is 25.5. The van der Waals surface area contributed by atoms with Crippen molar-refractivity contribution in [2.24, 2.45) is 0 Å². The average Bonchev–Trinajstić information content (AvgIpc) is 3.01. The number of anilines is 2. The quantitative estimate of drug-likeness (QED) is 0.703. The van der Waals surface area contributed by atoms with Gasteiger partial charge in [0.05, 0.1) is 17.4 Å². The van der Waals surface area contributed by atoms with Crippen molar-refractivity contribution in [1.82, 2.24) is 14.9 Å².